The van der Waals surface area contributed by atoms with Crippen LogP contribution in [0.25, 0.3) is 16.9 Å². The molecule has 0 saturated heterocycles. The van der Waals surface area contributed by atoms with E-state index in [9.17, 15) is 14.0 Å². The van der Waals surface area contributed by atoms with E-state index in [1.165, 1.54) is 12.1 Å². The summed E-state index contributed by atoms with van der Waals surface area (Å²) in [5.41, 5.74) is 6.52. The third kappa shape index (κ3) is 6.20. The molecule has 0 spiro atoms. The number of amides is 1. The Bertz CT molecular complexity index is 1430. The van der Waals surface area contributed by atoms with E-state index in [2.05, 4.69) is 15.4 Å². The van der Waals surface area contributed by atoms with Gasteiger partial charge in [0.1, 0.15) is 5.82 Å². The molecule has 0 bridgehead atoms. The SMILES string of the molecule is CCOC(=O)CC(NC(=O)CCc1c(C)nc2cc(-c3cccc(F)c3)nn2c1C)c1ccc(C)cc1. The number of rotatable bonds is 9. The first-order valence-electron chi connectivity index (χ1n) is 12.4. The third-order valence-electron chi connectivity index (χ3n) is 6.38. The number of benzene rings is 2. The number of hydrogen-bond donors (Lipinski definition) is 1. The number of aromatic nitrogens is 3. The van der Waals surface area contributed by atoms with Gasteiger partial charge in [-0.25, -0.2) is 13.9 Å². The second-order valence-corrected chi connectivity index (χ2v) is 9.11. The van der Waals surface area contributed by atoms with E-state index in [1.807, 2.05) is 51.1 Å². The van der Waals surface area contributed by atoms with Crippen LogP contribution in [0.5, 0.6) is 0 Å². The van der Waals surface area contributed by atoms with Gasteiger partial charge in [-0.1, -0.05) is 42.0 Å². The number of aryl methyl sites for hydroxylation is 3. The van der Waals surface area contributed by atoms with E-state index in [1.54, 1.807) is 23.6 Å². The molecule has 0 fully saturated rings. The van der Waals surface area contributed by atoms with Crippen molar-refractivity contribution in [3.05, 3.63) is 88.5 Å². The Morgan fingerprint density at radius 1 is 1.08 bits per heavy atom. The largest absolute Gasteiger partial charge is 0.466 e. The van der Waals surface area contributed by atoms with Gasteiger partial charge in [0, 0.05) is 29.4 Å². The molecule has 0 aliphatic heterocycles. The minimum atomic E-state index is -0.477. The first-order chi connectivity index (χ1) is 17.7. The van der Waals surface area contributed by atoms with Gasteiger partial charge in [0.25, 0.3) is 0 Å². The second kappa shape index (κ2) is 11.3. The van der Waals surface area contributed by atoms with Crippen LogP contribution in [-0.4, -0.2) is 33.1 Å². The summed E-state index contributed by atoms with van der Waals surface area (Å²) in [6.07, 6.45) is 0.740. The summed E-state index contributed by atoms with van der Waals surface area (Å²) in [5.74, 6) is -0.855. The van der Waals surface area contributed by atoms with Crippen molar-refractivity contribution in [2.75, 3.05) is 6.61 Å². The van der Waals surface area contributed by atoms with Gasteiger partial charge in [-0.15, -0.1) is 0 Å². The molecular formula is C29H31FN4O3. The van der Waals surface area contributed by atoms with Gasteiger partial charge in [0.2, 0.25) is 5.91 Å². The Kier molecular flexibility index (Phi) is 7.96. The van der Waals surface area contributed by atoms with Gasteiger partial charge in [-0.05, 0) is 57.4 Å². The Labute approximate surface area is 215 Å². The minimum absolute atomic E-state index is 0.0599. The van der Waals surface area contributed by atoms with Gasteiger partial charge in [0.05, 0.1) is 24.8 Å². The topological polar surface area (TPSA) is 85.6 Å². The summed E-state index contributed by atoms with van der Waals surface area (Å²) < 4.78 is 20.5. The molecule has 0 aliphatic rings. The van der Waals surface area contributed by atoms with Gasteiger partial charge in [0.15, 0.2) is 5.65 Å². The number of esters is 1. The molecule has 0 aliphatic carbocycles. The van der Waals surface area contributed by atoms with Crippen LogP contribution < -0.4 is 5.32 Å². The smallest absolute Gasteiger partial charge is 0.308 e. The van der Waals surface area contributed by atoms with E-state index < -0.39 is 6.04 Å². The highest BCUT2D eigenvalue weighted by Crippen LogP contribution is 2.24. The standard InChI is InChI=1S/C29H31FN4O3/c1-5-37-29(36)17-25(21-11-9-18(2)10-12-21)32-28(35)14-13-24-19(3)31-27-16-26(33-34(27)20(24)4)22-7-6-8-23(30)15-22/h6-12,15-16,25H,5,13-14,17H2,1-4H3,(H,32,35). The number of halogens is 1. The average Bonchev–Trinajstić information content (AvgIpc) is 3.28. The molecule has 2 aromatic carbocycles. The lowest BCUT2D eigenvalue weighted by Crippen LogP contribution is -2.31. The Balaban J connectivity index is 1.51. The van der Waals surface area contributed by atoms with E-state index in [0.29, 0.717) is 23.3 Å². The number of hydrogen-bond acceptors (Lipinski definition) is 5. The van der Waals surface area contributed by atoms with E-state index in [4.69, 9.17) is 4.74 Å². The number of carbonyl (C=O) groups excluding carboxylic acids is 2. The zero-order valence-electron chi connectivity index (χ0n) is 21.5. The van der Waals surface area contributed by atoms with Crippen LogP contribution in [-0.2, 0) is 20.7 Å². The lowest BCUT2D eigenvalue weighted by Gasteiger charge is -2.19. The number of carbonyl (C=O) groups is 2. The lowest BCUT2D eigenvalue weighted by atomic mass is 10.0. The van der Waals surface area contributed by atoms with Crippen molar-refractivity contribution in [1.29, 1.82) is 0 Å². The predicted molar refractivity (Wildman–Crippen MR) is 139 cm³/mol. The molecule has 7 nitrogen and oxygen atoms in total. The van der Waals surface area contributed by atoms with Crippen LogP contribution in [0, 0.1) is 26.6 Å². The summed E-state index contributed by atoms with van der Waals surface area (Å²) in [6.45, 7) is 7.88. The summed E-state index contributed by atoms with van der Waals surface area (Å²) >= 11 is 0. The molecule has 2 aromatic heterocycles. The van der Waals surface area contributed by atoms with Crippen LogP contribution in [0.4, 0.5) is 4.39 Å². The number of ether oxygens (including phenoxy) is 1. The van der Waals surface area contributed by atoms with Crippen molar-refractivity contribution in [3.63, 3.8) is 0 Å². The molecule has 1 N–H and O–H groups in total. The first kappa shape index (κ1) is 26.0. The molecule has 0 saturated carbocycles. The fourth-order valence-electron chi connectivity index (χ4n) is 4.42. The summed E-state index contributed by atoms with van der Waals surface area (Å²) in [6, 6.07) is 15.4. The number of nitrogens with zero attached hydrogens (tertiary/aromatic N) is 3. The third-order valence-corrected chi connectivity index (χ3v) is 6.38. The van der Waals surface area contributed by atoms with Crippen LogP contribution in [0.15, 0.2) is 54.6 Å². The average molecular weight is 503 g/mol. The minimum Gasteiger partial charge on any atom is -0.466 e. The number of fused-ring (bicyclic) bond motifs is 1. The highest BCUT2D eigenvalue weighted by atomic mass is 19.1. The van der Waals surface area contributed by atoms with Crippen LogP contribution >= 0.6 is 0 Å². The monoisotopic (exact) mass is 502 g/mol. The molecule has 0 radical (unpaired) electrons. The number of nitrogens with one attached hydrogen (secondary N) is 1. The van der Waals surface area contributed by atoms with Crippen LogP contribution in [0.1, 0.15) is 53.9 Å². The summed E-state index contributed by atoms with van der Waals surface area (Å²) in [4.78, 5) is 29.8. The molecule has 2 heterocycles. The van der Waals surface area contributed by atoms with Gasteiger partial charge in [-0.2, -0.15) is 5.10 Å². The zero-order valence-corrected chi connectivity index (χ0v) is 21.5. The van der Waals surface area contributed by atoms with Crippen molar-refractivity contribution in [1.82, 2.24) is 19.9 Å². The fraction of sp³-hybridized carbons (Fsp3) is 0.310. The normalized spacial score (nSPS) is 11.9. The summed E-state index contributed by atoms with van der Waals surface area (Å²) in [7, 11) is 0. The molecule has 192 valence electrons. The quantitative estimate of drug-likeness (QED) is 0.318. The maximum atomic E-state index is 13.7. The predicted octanol–water partition coefficient (Wildman–Crippen LogP) is 5.20. The van der Waals surface area contributed by atoms with Crippen molar-refractivity contribution in [2.45, 2.75) is 53.0 Å². The highest BCUT2D eigenvalue weighted by molar-refractivity contribution is 5.78. The molecule has 37 heavy (non-hydrogen) atoms. The van der Waals surface area contributed by atoms with Gasteiger partial charge >= 0.3 is 5.97 Å². The zero-order chi connectivity index (χ0) is 26.5. The molecular weight excluding hydrogens is 471 g/mol. The van der Waals surface area contributed by atoms with E-state index >= 15 is 0 Å². The Morgan fingerprint density at radius 2 is 1.84 bits per heavy atom. The lowest BCUT2D eigenvalue weighted by molar-refractivity contribution is -0.143. The second-order valence-electron chi connectivity index (χ2n) is 9.11. The molecule has 8 heteroatoms. The maximum Gasteiger partial charge on any atom is 0.308 e. The van der Waals surface area contributed by atoms with Gasteiger partial charge < -0.3 is 10.1 Å². The van der Waals surface area contributed by atoms with Crippen molar-refractivity contribution < 1.29 is 18.7 Å². The van der Waals surface area contributed by atoms with Gasteiger partial charge in [-0.3, -0.25) is 9.59 Å². The van der Waals surface area contributed by atoms with E-state index in [-0.39, 0.29) is 37.1 Å². The van der Waals surface area contributed by atoms with Crippen molar-refractivity contribution in [3.8, 4) is 11.3 Å². The highest BCUT2D eigenvalue weighted by Gasteiger charge is 2.20. The van der Waals surface area contributed by atoms with Crippen LogP contribution in [0.2, 0.25) is 0 Å². The Morgan fingerprint density at radius 3 is 2.54 bits per heavy atom. The summed E-state index contributed by atoms with van der Waals surface area (Å²) in [5, 5.41) is 7.63. The fourth-order valence-corrected chi connectivity index (χ4v) is 4.42. The molecule has 1 atom stereocenters. The van der Waals surface area contributed by atoms with Crippen LogP contribution in [0.3, 0.4) is 0 Å². The molecule has 1 amide bonds. The Hall–Kier alpha value is -4.07. The molecule has 1 unspecified atom stereocenters. The first-order valence-corrected chi connectivity index (χ1v) is 12.4. The van der Waals surface area contributed by atoms with E-state index in [0.717, 1.165) is 28.1 Å². The van der Waals surface area contributed by atoms with Crippen molar-refractivity contribution >= 4 is 17.5 Å². The maximum absolute atomic E-state index is 13.7. The molecule has 4 aromatic rings. The molecule has 4 rings (SSSR count). The van der Waals surface area contributed by atoms with Crippen molar-refractivity contribution in [2.24, 2.45) is 0 Å².